The van der Waals surface area contributed by atoms with Gasteiger partial charge < -0.3 is 10.1 Å². The zero-order chi connectivity index (χ0) is 15.3. The van der Waals surface area contributed by atoms with Gasteiger partial charge in [0.05, 0.1) is 12.0 Å². The molecule has 1 aromatic carbocycles. The Labute approximate surface area is 124 Å². The van der Waals surface area contributed by atoms with Crippen molar-refractivity contribution < 1.29 is 17.9 Å². The zero-order valence-corrected chi connectivity index (χ0v) is 12.8. The highest BCUT2D eigenvalue weighted by Crippen LogP contribution is 2.18. The lowest BCUT2D eigenvalue weighted by atomic mass is 9.96. The molecule has 1 aliphatic carbocycles. The molecule has 1 fully saturated rings. The molecular formula is C14H20N2O4S. The van der Waals surface area contributed by atoms with E-state index in [0.29, 0.717) is 5.75 Å². The van der Waals surface area contributed by atoms with Crippen molar-refractivity contribution in [3.63, 3.8) is 0 Å². The smallest absolute Gasteiger partial charge is 0.328 e. The van der Waals surface area contributed by atoms with Crippen LogP contribution in [0.2, 0.25) is 0 Å². The van der Waals surface area contributed by atoms with Crippen LogP contribution in [-0.2, 0) is 10.0 Å². The van der Waals surface area contributed by atoms with Crippen LogP contribution >= 0.6 is 0 Å². The molecule has 1 aliphatic rings. The minimum Gasteiger partial charge on any atom is -0.497 e. The van der Waals surface area contributed by atoms with Gasteiger partial charge in [-0.05, 0) is 25.0 Å². The Balaban J connectivity index is 2.00. The molecule has 116 valence electrons. The van der Waals surface area contributed by atoms with Crippen LogP contribution in [0.4, 0.5) is 4.79 Å². The average molecular weight is 312 g/mol. The minimum atomic E-state index is -3.88. The van der Waals surface area contributed by atoms with Crippen LogP contribution in [0.5, 0.6) is 5.75 Å². The molecule has 2 amide bonds. The molecule has 2 rings (SSSR count). The summed E-state index contributed by atoms with van der Waals surface area (Å²) < 4.78 is 31.3. The van der Waals surface area contributed by atoms with E-state index in [0.717, 1.165) is 25.7 Å². The van der Waals surface area contributed by atoms with Crippen molar-refractivity contribution in [2.24, 2.45) is 0 Å². The summed E-state index contributed by atoms with van der Waals surface area (Å²) in [6.07, 6.45) is 5.09. The standard InChI is InChI=1S/C14H20N2O4S/c1-20-12-8-5-9-13(10-12)21(18,19)16-14(17)15-11-6-3-2-4-7-11/h5,8-11H,2-4,6-7H2,1H3,(H2,15,16,17). The van der Waals surface area contributed by atoms with E-state index in [2.05, 4.69) is 5.32 Å². The summed E-state index contributed by atoms with van der Waals surface area (Å²) in [7, 11) is -2.43. The van der Waals surface area contributed by atoms with Gasteiger partial charge in [0, 0.05) is 12.1 Å². The van der Waals surface area contributed by atoms with Gasteiger partial charge in [0.1, 0.15) is 5.75 Å². The number of sulfonamides is 1. The van der Waals surface area contributed by atoms with Gasteiger partial charge in [0.25, 0.3) is 10.0 Å². The third kappa shape index (κ3) is 4.35. The van der Waals surface area contributed by atoms with E-state index < -0.39 is 16.1 Å². The number of hydrogen-bond acceptors (Lipinski definition) is 4. The lowest BCUT2D eigenvalue weighted by Crippen LogP contribution is -2.45. The summed E-state index contributed by atoms with van der Waals surface area (Å²) in [6, 6.07) is 5.37. The number of ether oxygens (including phenoxy) is 1. The van der Waals surface area contributed by atoms with Crippen LogP contribution in [-0.4, -0.2) is 27.6 Å². The molecule has 0 aromatic heterocycles. The van der Waals surface area contributed by atoms with Crippen LogP contribution in [0.25, 0.3) is 0 Å². The van der Waals surface area contributed by atoms with Gasteiger partial charge in [-0.25, -0.2) is 17.9 Å². The second-order valence-electron chi connectivity index (χ2n) is 5.09. The van der Waals surface area contributed by atoms with E-state index in [1.807, 2.05) is 4.72 Å². The second-order valence-corrected chi connectivity index (χ2v) is 6.78. The number of carbonyl (C=O) groups is 1. The van der Waals surface area contributed by atoms with Crippen LogP contribution in [0.1, 0.15) is 32.1 Å². The van der Waals surface area contributed by atoms with E-state index in [1.54, 1.807) is 12.1 Å². The third-order valence-corrected chi connectivity index (χ3v) is 4.85. The Morgan fingerprint density at radius 3 is 2.62 bits per heavy atom. The summed E-state index contributed by atoms with van der Waals surface area (Å²) in [5.41, 5.74) is 0. The monoisotopic (exact) mass is 312 g/mol. The van der Waals surface area contributed by atoms with E-state index in [-0.39, 0.29) is 10.9 Å². The molecule has 1 aromatic rings. The molecule has 0 saturated heterocycles. The van der Waals surface area contributed by atoms with Crippen LogP contribution in [0, 0.1) is 0 Å². The van der Waals surface area contributed by atoms with Gasteiger partial charge in [0.2, 0.25) is 0 Å². The van der Waals surface area contributed by atoms with Crippen LogP contribution in [0.3, 0.4) is 0 Å². The highest BCUT2D eigenvalue weighted by Gasteiger charge is 2.21. The molecule has 1 saturated carbocycles. The number of amides is 2. The average Bonchev–Trinajstić information content (AvgIpc) is 2.47. The molecule has 0 unspecified atom stereocenters. The summed E-state index contributed by atoms with van der Waals surface area (Å²) in [6.45, 7) is 0. The van der Waals surface area contributed by atoms with Gasteiger partial charge in [-0.15, -0.1) is 0 Å². The fourth-order valence-electron chi connectivity index (χ4n) is 2.41. The molecular weight excluding hydrogens is 292 g/mol. The summed E-state index contributed by atoms with van der Waals surface area (Å²) >= 11 is 0. The molecule has 21 heavy (non-hydrogen) atoms. The molecule has 0 atom stereocenters. The minimum absolute atomic E-state index is 0.000596. The Hall–Kier alpha value is -1.76. The van der Waals surface area contributed by atoms with Gasteiger partial charge in [-0.1, -0.05) is 25.3 Å². The van der Waals surface area contributed by atoms with Gasteiger partial charge in [-0.2, -0.15) is 0 Å². The van der Waals surface area contributed by atoms with E-state index in [4.69, 9.17) is 4.74 Å². The van der Waals surface area contributed by atoms with E-state index in [9.17, 15) is 13.2 Å². The maximum absolute atomic E-state index is 12.1. The fourth-order valence-corrected chi connectivity index (χ4v) is 3.36. The molecule has 6 nitrogen and oxygen atoms in total. The predicted octanol–water partition coefficient (Wildman–Crippen LogP) is 2.02. The topological polar surface area (TPSA) is 84.5 Å². The molecule has 0 aliphatic heterocycles. The predicted molar refractivity (Wildman–Crippen MR) is 78.7 cm³/mol. The first kappa shape index (κ1) is 15.6. The number of carbonyl (C=O) groups excluding carboxylic acids is 1. The highest BCUT2D eigenvalue weighted by molar-refractivity contribution is 7.90. The van der Waals surface area contributed by atoms with Crippen molar-refractivity contribution >= 4 is 16.1 Å². The van der Waals surface area contributed by atoms with E-state index >= 15 is 0 Å². The van der Waals surface area contributed by atoms with Gasteiger partial charge >= 0.3 is 6.03 Å². The number of hydrogen-bond donors (Lipinski definition) is 2. The lowest BCUT2D eigenvalue weighted by Gasteiger charge is -2.22. The quantitative estimate of drug-likeness (QED) is 0.891. The Bertz CT molecular complexity index is 595. The summed E-state index contributed by atoms with van der Waals surface area (Å²) in [5.74, 6) is 0.422. The Morgan fingerprint density at radius 2 is 1.95 bits per heavy atom. The lowest BCUT2D eigenvalue weighted by molar-refractivity contribution is 0.237. The first-order valence-electron chi connectivity index (χ1n) is 6.98. The molecule has 0 bridgehead atoms. The molecule has 0 radical (unpaired) electrons. The van der Waals surface area contributed by atoms with Gasteiger partial charge in [0.15, 0.2) is 0 Å². The normalized spacial score (nSPS) is 16.2. The van der Waals surface area contributed by atoms with Crippen molar-refractivity contribution in [2.75, 3.05) is 7.11 Å². The number of rotatable bonds is 4. The van der Waals surface area contributed by atoms with Crippen LogP contribution in [0.15, 0.2) is 29.2 Å². The molecule has 2 N–H and O–H groups in total. The summed E-state index contributed by atoms with van der Waals surface area (Å²) in [5, 5.41) is 2.71. The maximum Gasteiger partial charge on any atom is 0.328 e. The third-order valence-electron chi connectivity index (χ3n) is 3.52. The fraction of sp³-hybridized carbons (Fsp3) is 0.500. The molecule has 0 spiro atoms. The SMILES string of the molecule is COc1cccc(S(=O)(=O)NC(=O)NC2CCCCC2)c1. The number of methoxy groups -OCH3 is 1. The van der Waals surface area contributed by atoms with Crippen molar-refractivity contribution in [2.45, 2.75) is 43.0 Å². The largest absolute Gasteiger partial charge is 0.497 e. The first-order chi connectivity index (χ1) is 10.0. The zero-order valence-electron chi connectivity index (χ0n) is 12.0. The van der Waals surface area contributed by atoms with Crippen molar-refractivity contribution in [3.8, 4) is 5.75 Å². The number of benzene rings is 1. The Morgan fingerprint density at radius 1 is 1.24 bits per heavy atom. The first-order valence-corrected chi connectivity index (χ1v) is 8.47. The molecule has 0 heterocycles. The van der Waals surface area contributed by atoms with E-state index in [1.165, 1.54) is 25.7 Å². The molecule has 7 heteroatoms. The van der Waals surface area contributed by atoms with Gasteiger partial charge in [-0.3, -0.25) is 0 Å². The maximum atomic E-state index is 12.1. The second kappa shape index (κ2) is 6.80. The van der Waals surface area contributed by atoms with Crippen LogP contribution < -0.4 is 14.8 Å². The van der Waals surface area contributed by atoms with Crippen molar-refractivity contribution in [1.82, 2.24) is 10.0 Å². The number of nitrogens with one attached hydrogen (secondary N) is 2. The van der Waals surface area contributed by atoms with Crippen molar-refractivity contribution in [3.05, 3.63) is 24.3 Å². The summed E-state index contributed by atoms with van der Waals surface area (Å²) in [4.78, 5) is 11.8. The number of urea groups is 1. The van der Waals surface area contributed by atoms with Crippen molar-refractivity contribution in [1.29, 1.82) is 0 Å². The Kier molecular flexibility index (Phi) is 5.06. The highest BCUT2D eigenvalue weighted by atomic mass is 32.2.